The number of allylic oxidation sites excluding steroid dienone is 1. The first-order chi connectivity index (χ1) is 21.1. The molecule has 5 rings (SSSR count). The normalized spacial score (nSPS) is 24.5. The summed E-state index contributed by atoms with van der Waals surface area (Å²) in [5.41, 5.74) is 3.69. The number of carbonyl (C=O) groups is 4. The van der Waals surface area contributed by atoms with Gasteiger partial charge in [0.25, 0.3) is 11.8 Å². The summed E-state index contributed by atoms with van der Waals surface area (Å²) in [6, 6.07) is 8.91. The van der Waals surface area contributed by atoms with Crippen molar-refractivity contribution in [1.29, 1.82) is 0 Å². The van der Waals surface area contributed by atoms with Gasteiger partial charge in [-0.25, -0.2) is 0 Å². The van der Waals surface area contributed by atoms with Gasteiger partial charge in [-0.3, -0.25) is 24.1 Å². The Bertz CT molecular complexity index is 1690. The van der Waals surface area contributed by atoms with Crippen molar-refractivity contribution >= 4 is 23.4 Å². The fraction of sp³-hybridized carbons (Fsp3) is 0.394. The summed E-state index contributed by atoms with van der Waals surface area (Å²) < 4.78 is 0. The van der Waals surface area contributed by atoms with Crippen molar-refractivity contribution in [1.82, 2.24) is 14.7 Å². The van der Waals surface area contributed by atoms with Gasteiger partial charge in [-0.05, 0) is 81.8 Å². The van der Waals surface area contributed by atoms with Crippen molar-refractivity contribution in [2.24, 2.45) is 17.6 Å². The third-order valence-electron chi connectivity index (χ3n) is 9.26. The molecular weight excluding hydrogens is 580 g/mol. The molecule has 12 nitrogen and oxygen atoms in total. The van der Waals surface area contributed by atoms with Crippen LogP contribution < -0.4 is 5.73 Å². The van der Waals surface area contributed by atoms with Crippen LogP contribution in [-0.4, -0.2) is 118 Å². The van der Waals surface area contributed by atoms with E-state index in [9.17, 15) is 39.6 Å². The Morgan fingerprint density at radius 3 is 2.31 bits per heavy atom. The number of primary amides is 1. The average Bonchev–Trinajstić information content (AvgIpc) is 2.97. The first-order valence-electron chi connectivity index (χ1n) is 14.6. The standard InChI is InChI=1S/C33H38N4O8/c1-35(2)11-12-37(5)32(44)17-8-6-7-16(13-17)19-9-10-22(38)24-20(19)14-18-15-21-26(36(3)4)28(40)25(31(34)43)30(42)33(21,45)29(41)23(18)27(24)39/h6-10,13,18,21,26,38,40-41,45H,11-12,14-15H2,1-5H3,(H2,34,43)/t18-,21-,26-,33-/m0/s1. The lowest BCUT2D eigenvalue weighted by molar-refractivity contribution is -0.148. The van der Waals surface area contributed by atoms with Gasteiger partial charge in [0.15, 0.2) is 11.4 Å². The molecule has 3 aliphatic carbocycles. The lowest BCUT2D eigenvalue weighted by Gasteiger charge is -2.50. The molecule has 0 radical (unpaired) electrons. The maximum absolute atomic E-state index is 14.0. The summed E-state index contributed by atoms with van der Waals surface area (Å²) >= 11 is 0. The number of aliphatic hydroxyl groups is 3. The first-order valence-corrected chi connectivity index (χ1v) is 14.6. The monoisotopic (exact) mass is 618 g/mol. The summed E-state index contributed by atoms with van der Waals surface area (Å²) in [6.45, 7) is 1.21. The number of carbonyl (C=O) groups excluding carboxylic acids is 4. The lowest BCUT2D eigenvalue weighted by atomic mass is 9.58. The molecule has 0 aromatic heterocycles. The number of aliphatic hydroxyl groups excluding tert-OH is 2. The van der Waals surface area contributed by atoms with E-state index in [1.54, 1.807) is 56.4 Å². The zero-order chi connectivity index (χ0) is 33.1. The smallest absolute Gasteiger partial charge is 0.255 e. The van der Waals surface area contributed by atoms with Crippen molar-refractivity contribution < 1.29 is 39.6 Å². The summed E-state index contributed by atoms with van der Waals surface area (Å²) in [4.78, 5) is 58.0. The van der Waals surface area contributed by atoms with E-state index in [0.29, 0.717) is 35.3 Å². The number of amides is 2. The van der Waals surface area contributed by atoms with Gasteiger partial charge in [-0.15, -0.1) is 0 Å². The molecule has 238 valence electrons. The molecule has 0 saturated carbocycles. The van der Waals surface area contributed by atoms with Gasteiger partial charge in [-0.2, -0.15) is 0 Å². The van der Waals surface area contributed by atoms with Gasteiger partial charge in [0.05, 0.1) is 11.6 Å². The van der Waals surface area contributed by atoms with E-state index in [-0.39, 0.29) is 35.6 Å². The van der Waals surface area contributed by atoms with E-state index in [0.717, 1.165) is 0 Å². The van der Waals surface area contributed by atoms with Crippen molar-refractivity contribution in [3.05, 3.63) is 75.8 Å². The second kappa shape index (κ2) is 11.4. The van der Waals surface area contributed by atoms with Crippen molar-refractivity contribution in [3.8, 4) is 16.9 Å². The Labute approximate surface area is 260 Å². The highest BCUT2D eigenvalue weighted by atomic mass is 16.3. The molecule has 4 atom stereocenters. The van der Waals surface area contributed by atoms with Crippen LogP contribution in [0.1, 0.15) is 32.7 Å². The van der Waals surface area contributed by atoms with E-state index in [2.05, 4.69) is 0 Å². The molecule has 6 N–H and O–H groups in total. The van der Waals surface area contributed by atoms with Crippen LogP contribution in [-0.2, 0) is 16.0 Å². The Kier molecular flexibility index (Phi) is 8.11. The van der Waals surface area contributed by atoms with Crippen molar-refractivity contribution in [2.75, 3.05) is 48.3 Å². The number of phenolic OH excluding ortho intramolecular Hbond substituents is 1. The van der Waals surface area contributed by atoms with Gasteiger partial charge < -0.3 is 36.0 Å². The highest BCUT2D eigenvalue weighted by molar-refractivity contribution is 6.25. The number of nitrogens with zero attached hydrogens (tertiary/aromatic N) is 3. The molecular formula is C33H38N4O8. The van der Waals surface area contributed by atoms with E-state index < -0.39 is 58.0 Å². The van der Waals surface area contributed by atoms with Crippen LogP contribution in [0.2, 0.25) is 0 Å². The fourth-order valence-electron chi connectivity index (χ4n) is 7.01. The topological polar surface area (TPSA) is 185 Å². The van der Waals surface area contributed by atoms with Gasteiger partial charge in [-0.1, -0.05) is 18.2 Å². The second-order valence-corrected chi connectivity index (χ2v) is 12.6. The van der Waals surface area contributed by atoms with Crippen LogP contribution in [0.5, 0.6) is 5.75 Å². The van der Waals surface area contributed by atoms with Crippen LogP contribution in [0.15, 0.2) is 59.1 Å². The van der Waals surface area contributed by atoms with Crippen LogP contribution in [0, 0.1) is 11.8 Å². The number of likely N-dealkylation sites (N-methyl/N-ethyl adjacent to an activating group) is 3. The molecule has 2 aromatic rings. The number of fused-ring (bicyclic) bond motifs is 3. The zero-order valence-corrected chi connectivity index (χ0v) is 25.9. The molecule has 12 heteroatoms. The van der Waals surface area contributed by atoms with Crippen LogP contribution in [0.4, 0.5) is 0 Å². The van der Waals surface area contributed by atoms with Crippen molar-refractivity contribution in [2.45, 2.75) is 24.5 Å². The Morgan fingerprint density at radius 2 is 1.69 bits per heavy atom. The minimum atomic E-state index is -2.70. The lowest BCUT2D eigenvalue weighted by Crippen LogP contribution is -2.63. The quantitative estimate of drug-likeness (QED) is 0.284. The summed E-state index contributed by atoms with van der Waals surface area (Å²) in [5, 5.41) is 45.1. The summed E-state index contributed by atoms with van der Waals surface area (Å²) in [6.07, 6.45) is 0.120. The maximum Gasteiger partial charge on any atom is 0.255 e. The second-order valence-electron chi connectivity index (χ2n) is 12.6. The van der Waals surface area contributed by atoms with Gasteiger partial charge in [0, 0.05) is 37.2 Å². The third kappa shape index (κ3) is 4.98. The van der Waals surface area contributed by atoms with E-state index in [1.807, 2.05) is 19.0 Å². The molecule has 0 aliphatic heterocycles. The predicted octanol–water partition coefficient (Wildman–Crippen LogP) is 1.42. The third-order valence-corrected chi connectivity index (χ3v) is 9.26. The number of hydrogen-bond donors (Lipinski definition) is 5. The van der Waals surface area contributed by atoms with Crippen LogP contribution in [0.3, 0.4) is 0 Å². The molecule has 2 amide bonds. The highest BCUT2D eigenvalue weighted by Gasteiger charge is 2.63. The minimum Gasteiger partial charge on any atom is -0.510 e. The molecule has 0 unspecified atom stereocenters. The molecule has 0 fully saturated rings. The van der Waals surface area contributed by atoms with Gasteiger partial charge in [0.1, 0.15) is 22.8 Å². The largest absolute Gasteiger partial charge is 0.510 e. The maximum atomic E-state index is 14.0. The number of aromatic hydroxyl groups is 1. The number of Topliss-reactive ketones (excluding diaryl/α,β-unsaturated/α-hetero) is 2. The molecule has 0 saturated heterocycles. The number of phenols is 1. The molecule has 0 bridgehead atoms. The molecule has 0 heterocycles. The van der Waals surface area contributed by atoms with Crippen molar-refractivity contribution in [3.63, 3.8) is 0 Å². The Balaban J connectivity index is 1.61. The van der Waals surface area contributed by atoms with Crippen LogP contribution in [0.25, 0.3) is 11.1 Å². The molecule has 0 spiro atoms. The Morgan fingerprint density at radius 1 is 1.00 bits per heavy atom. The van der Waals surface area contributed by atoms with Gasteiger partial charge in [0.2, 0.25) is 5.78 Å². The molecule has 2 aromatic carbocycles. The Hall–Kier alpha value is -4.52. The number of benzene rings is 2. The highest BCUT2D eigenvalue weighted by Crippen LogP contribution is 2.53. The first kappa shape index (κ1) is 31.9. The summed E-state index contributed by atoms with van der Waals surface area (Å²) in [7, 11) is 8.73. The number of ketones is 2. The summed E-state index contributed by atoms with van der Waals surface area (Å²) in [5.74, 6) is -7.23. The predicted molar refractivity (Wildman–Crippen MR) is 165 cm³/mol. The minimum absolute atomic E-state index is 0.0178. The fourth-order valence-corrected chi connectivity index (χ4v) is 7.01. The van der Waals surface area contributed by atoms with Gasteiger partial charge >= 0.3 is 0 Å². The number of rotatable bonds is 7. The average molecular weight is 619 g/mol. The van der Waals surface area contributed by atoms with Crippen LogP contribution >= 0.6 is 0 Å². The number of nitrogens with two attached hydrogens (primary N) is 1. The molecule has 45 heavy (non-hydrogen) atoms. The van der Waals surface area contributed by atoms with E-state index in [4.69, 9.17) is 5.73 Å². The zero-order valence-electron chi connectivity index (χ0n) is 25.9. The van der Waals surface area contributed by atoms with E-state index in [1.165, 1.54) is 11.0 Å². The SMILES string of the molecule is CN(C)CCN(C)C(=O)c1cccc(-c2ccc(O)c3c2C[C@H]2C[C@H]4[C@H](N(C)C)C(O)=C(C(N)=O)C(=O)[C@@]4(O)C(O)=C2C3=O)c1. The van der Waals surface area contributed by atoms with E-state index >= 15 is 0 Å². The molecule has 3 aliphatic rings. The number of hydrogen-bond acceptors (Lipinski definition) is 10.